The number of hydrogen-bond donors (Lipinski definition) is 0. The third-order valence-electron chi connectivity index (χ3n) is 2.79. The molecule has 0 aliphatic heterocycles. The van der Waals surface area contributed by atoms with Crippen LogP contribution in [0.15, 0.2) is 53.4 Å². The molecular weight excluding hydrogens is 308 g/mol. The van der Waals surface area contributed by atoms with E-state index in [2.05, 4.69) is 11.8 Å². The third kappa shape index (κ3) is 4.01. The average Bonchev–Trinajstić information content (AvgIpc) is 2.47. The van der Waals surface area contributed by atoms with Crippen LogP contribution in [0.3, 0.4) is 0 Å². The van der Waals surface area contributed by atoms with E-state index >= 15 is 0 Å². The van der Waals surface area contributed by atoms with Crippen LogP contribution in [0, 0.1) is 11.8 Å². The summed E-state index contributed by atoms with van der Waals surface area (Å²) in [6, 6.07) is 13.9. The van der Waals surface area contributed by atoms with Gasteiger partial charge in [-0.15, -0.1) is 5.92 Å². The molecule has 2 rings (SSSR count). The minimum atomic E-state index is -3.79. The normalized spacial score (nSPS) is 10.6. The van der Waals surface area contributed by atoms with E-state index in [1.165, 1.54) is 12.1 Å². The number of benzene rings is 2. The van der Waals surface area contributed by atoms with Crippen LogP contribution >= 0.6 is 10.7 Å². The van der Waals surface area contributed by atoms with Crippen molar-refractivity contribution in [2.24, 2.45) is 0 Å². The first-order valence-electron chi connectivity index (χ1n) is 6.19. The maximum absolute atomic E-state index is 11.5. The van der Waals surface area contributed by atoms with Crippen LogP contribution < -0.4 is 4.74 Å². The van der Waals surface area contributed by atoms with Crippen molar-refractivity contribution < 1.29 is 13.2 Å². The lowest BCUT2D eigenvalue weighted by atomic mass is 10.0. The quantitative estimate of drug-likeness (QED) is 0.637. The van der Waals surface area contributed by atoms with Gasteiger partial charge in [0.2, 0.25) is 0 Å². The zero-order chi connectivity index (χ0) is 15.3. The van der Waals surface area contributed by atoms with Crippen LogP contribution in [0.1, 0.15) is 6.92 Å². The van der Waals surface area contributed by atoms with Crippen molar-refractivity contribution in [3.63, 3.8) is 0 Å². The van der Waals surface area contributed by atoms with Crippen molar-refractivity contribution in [1.82, 2.24) is 0 Å². The molecule has 0 saturated carbocycles. The van der Waals surface area contributed by atoms with Crippen molar-refractivity contribution in [3.05, 3.63) is 48.5 Å². The molecule has 0 unspecified atom stereocenters. The second-order valence-electron chi connectivity index (χ2n) is 4.18. The van der Waals surface area contributed by atoms with Gasteiger partial charge in [0, 0.05) is 16.2 Å². The highest BCUT2D eigenvalue weighted by atomic mass is 35.7. The monoisotopic (exact) mass is 320 g/mol. The first kappa shape index (κ1) is 15.4. The molecule has 108 valence electrons. The summed E-state index contributed by atoms with van der Waals surface area (Å²) in [6.07, 6.45) is 0. The highest BCUT2D eigenvalue weighted by Crippen LogP contribution is 2.33. The molecule has 0 atom stereocenters. The number of halogens is 1. The molecule has 0 aliphatic rings. The van der Waals surface area contributed by atoms with Crippen molar-refractivity contribution in [3.8, 4) is 28.7 Å². The predicted octanol–water partition coefficient (Wildman–Crippen LogP) is 3.68. The fourth-order valence-corrected chi connectivity index (χ4v) is 2.59. The van der Waals surface area contributed by atoms with Crippen molar-refractivity contribution in [1.29, 1.82) is 0 Å². The molecule has 2 aromatic rings. The smallest absolute Gasteiger partial charge is 0.261 e. The van der Waals surface area contributed by atoms with Crippen LogP contribution in [-0.2, 0) is 9.05 Å². The molecule has 0 heterocycles. The molecule has 0 fully saturated rings. The first-order valence-corrected chi connectivity index (χ1v) is 8.50. The third-order valence-corrected chi connectivity index (χ3v) is 4.15. The molecule has 0 amide bonds. The summed E-state index contributed by atoms with van der Waals surface area (Å²) >= 11 is 0. The van der Waals surface area contributed by atoms with Gasteiger partial charge in [0.05, 0.1) is 4.90 Å². The Kier molecular flexibility index (Phi) is 4.89. The standard InChI is InChI=1S/C16H13ClO3S/c1-2-3-11-20-16-10-9-14(21(17,18)19)12-15(16)13-7-5-4-6-8-13/h4-10,12H,11H2,1H3. The molecule has 21 heavy (non-hydrogen) atoms. The molecule has 3 nitrogen and oxygen atoms in total. The summed E-state index contributed by atoms with van der Waals surface area (Å²) in [6.45, 7) is 1.97. The van der Waals surface area contributed by atoms with Gasteiger partial charge in [-0.25, -0.2) is 8.42 Å². The molecule has 0 aliphatic carbocycles. The molecule has 0 aromatic heterocycles. The van der Waals surface area contributed by atoms with Crippen molar-refractivity contribution in [2.45, 2.75) is 11.8 Å². The minimum absolute atomic E-state index is 0.0388. The molecule has 0 bridgehead atoms. The van der Waals surface area contributed by atoms with E-state index in [-0.39, 0.29) is 11.5 Å². The van der Waals surface area contributed by atoms with Gasteiger partial charge in [-0.3, -0.25) is 0 Å². The van der Waals surface area contributed by atoms with E-state index in [0.29, 0.717) is 11.3 Å². The SMILES string of the molecule is CC#CCOc1ccc(S(=O)(=O)Cl)cc1-c1ccccc1. The first-order chi connectivity index (χ1) is 10.0. The average molecular weight is 321 g/mol. The Morgan fingerprint density at radius 3 is 2.48 bits per heavy atom. The predicted molar refractivity (Wildman–Crippen MR) is 83.9 cm³/mol. The summed E-state index contributed by atoms with van der Waals surface area (Å²) in [5.74, 6) is 6.11. The van der Waals surface area contributed by atoms with Gasteiger partial charge >= 0.3 is 0 Å². The second-order valence-corrected chi connectivity index (χ2v) is 6.74. The molecule has 0 N–H and O–H groups in total. The maximum atomic E-state index is 11.5. The van der Waals surface area contributed by atoms with Gasteiger partial charge in [0.15, 0.2) is 0 Å². The van der Waals surface area contributed by atoms with Crippen LogP contribution in [-0.4, -0.2) is 15.0 Å². The van der Waals surface area contributed by atoms with Gasteiger partial charge in [-0.2, -0.15) is 0 Å². The molecule has 0 spiro atoms. The summed E-state index contributed by atoms with van der Waals surface area (Å²) < 4.78 is 28.6. The maximum Gasteiger partial charge on any atom is 0.261 e. The molecule has 5 heteroatoms. The number of rotatable bonds is 4. The zero-order valence-corrected chi connectivity index (χ0v) is 12.9. The number of hydrogen-bond acceptors (Lipinski definition) is 3. The Balaban J connectivity index is 2.52. The fourth-order valence-electron chi connectivity index (χ4n) is 1.82. The molecule has 0 radical (unpaired) electrons. The summed E-state index contributed by atoms with van der Waals surface area (Å²) in [5.41, 5.74) is 1.51. The van der Waals surface area contributed by atoms with Crippen LogP contribution in [0.25, 0.3) is 11.1 Å². The largest absolute Gasteiger partial charge is 0.480 e. The summed E-state index contributed by atoms with van der Waals surface area (Å²) in [4.78, 5) is 0.0388. The minimum Gasteiger partial charge on any atom is -0.480 e. The highest BCUT2D eigenvalue weighted by molar-refractivity contribution is 8.13. The molecule has 0 saturated heterocycles. The lowest BCUT2D eigenvalue weighted by Crippen LogP contribution is -1.98. The fraction of sp³-hybridized carbons (Fsp3) is 0.125. The Morgan fingerprint density at radius 1 is 1.14 bits per heavy atom. The highest BCUT2D eigenvalue weighted by Gasteiger charge is 2.14. The van der Waals surface area contributed by atoms with Crippen LogP contribution in [0.4, 0.5) is 0 Å². The summed E-state index contributed by atoms with van der Waals surface area (Å²) in [5, 5.41) is 0. The van der Waals surface area contributed by atoms with E-state index < -0.39 is 9.05 Å². The lowest BCUT2D eigenvalue weighted by molar-refractivity contribution is 0.371. The topological polar surface area (TPSA) is 43.4 Å². The Labute approximate surface area is 128 Å². The Hall–Kier alpha value is -1.96. The van der Waals surface area contributed by atoms with Crippen molar-refractivity contribution in [2.75, 3.05) is 6.61 Å². The van der Waals surface area contributed by atoms with E-state index in [0.717, 1.165) is 5.56 Å². The molecular formula is C16H13ClO3S. The van der Waals surface area contributed by atoms with Crippen LogP contribution in [0.5, 0.6) is 5.75 Å². The Morgan fingerprint density at radius 2 is 1.86 bits per heavy atom. The molecule has 2 aromatic carbocycles. The van der Waals surface area contributed by atoms with E-state index in [1.54, 1.807) is 13.0 Å². The van der Waals surface area contributed by atoms with Gasteiger partial charge < -0.3 is 4.74 Å². The Bertz CT molecular complexity index is 787. The number of ether oxygens (including phenoxy) is 1. The van der Waals surface area contributed by atoms with E-state index in [1.807, 2.05) is 30.3 Å². The van der Waals surface area contributed by atoms with Crippen molar-refractivity contribution >= 4 is 19.7 Å². The van der Waals surface area contributed by atoms with Gasteiger partial charge in [0.25, 0.3) is 9.05 Å². The lowest BCUT2D eigenvalue weighted by Gasteiger charge is -2.11. The summed E-state index contributed by atoms with van der Waals surface area (Å²) in [7, 11) is 1.62. The van der Waals surface area contributed by atoms with Gasteiger partial charge in [-0.05, 0) is 30.7 Å². The second kappa shape index (κ2) is 6.66. The van der Waals surface area contributed by atoms with Gasteiger partial charge in [0.1, 0.15) is 12.4 Å². The van der Waals surface area contributed by atoms with E-state index in [9.17, 15) is 8.42 Å². The zero-order valence-electron chi connectivity index (χ0n) is 11.3. The van der Waals surface area contributed by atoms with Crippen LogP contribution in [0.2, 0.25) is 0 Å². The van der Waals surface area contributed by atoms with Gasteiger partial charge in [-0.1, -0.05) is 36.3 Å². The van der Waals surface area contributed by atoms with E-state index in [4.69, 9.17) is 15.4 Å².